The molecule has 11 heteroatoms. The molecule has 3 rings (SSSR count). The van der Waals surface area contributed by atoms with Crippen LogP contribution < -0.4 is 17.3 Å². The van der Waals surface area contributed by atoms with E-state index >= 15 is 0 Å². The van der Waals surface area contributed by atoms with E-state index in [-0.39, 0.29) is 0 Å². The Morgan fingerprint density at radius 2 is 1.05 bits per heavy atom. The lowest BCUT2D eigenvalue weighted by molar-refractivity contribution is 0.498. The highest BCUT2D eigenvalue weighted by atomic mass is 32.7. The van der Waals surface area contributed by atoms with Crippen LogP contribution in [0.5, 0.6) is 0 Å². The van der Waals surface area contributed by atoms with E-state index in [1.807, 2.05) is 0 Å². The lowest BCUT2D eigenvalue weighted by atomic mass is 11.0. The maximum atomic E-state index is 11.8. The van der Waals surface area contributed by atoms with E-state index < -0.39 is 24.2 Å². The normalized spacial score (nSPS) is 11.8. The van der Waals surface area contributed by atoms with Crippen LogP contribution in [-0.4, -0.2) is 13.0 Å². The number of rotatable bonds is 3. The minimum absolute atomic E-state index is 0.769. The van der Waals surface area contributed by atoms with Crippen LogP contribution in [0.4, 0.5) is 0 Å². The van der Waals surface area contributed by atoms with E-state index in [4.69, 9.17) is 0 Å². The van der Waals surface area contributed by atoms with Crippen molar-refractivity contribution in [2.45, 2.75) is 0 Å². The molecule has 3 heterocycles. The van der Waals surface area contributed by atoms with Crippen LogP contribution in [0.1, 0.15) is 0 Å². The summed E-state index contributed by atoms with van der Waals surface area (Å²) in [6.07, 6.45) is 7.22. The molecule has 20 heavy (non-hydrogen) atoms. The lowest BCUT2D eigenvalue weighted by Gasteiger charge is -2.16. The van der Waals surface area contributed by atoms with Crippen molar-refractivity contribution >= 4 is 19.2 Å². The summed E-state index contributed by atoms with van der Waals surface area (Å²) in [5.74, 6) is -2.31. The first-order chi connectivity index (χ1) is 9.55. The summed E-state index contributed by atoms with van der Waals surface area (Å²) in [6, 6.07) is 0. The molecule has 0 N–H and O–H groups in total. The van der Waals surface area contributed by atoms with Crippen LogP contribution in [0.3, 0.4) is 0 Å². The minimum Gasteiger partial charge on any atom is -0.414 e. The number of hydrogen-bond donors (Lipinski definition) is 1. The summed E-state index contributed by atoms with van der Waals surface area (Å²) in [5, 5.41) is 0. The third-order valence-electron chi connectivity index (χ3n) is 2.54. The van der Waals surface area contributed by atoms with Gasteiger partial charge in [0.25, 0.3) is 0 Å². The summed E-state index contributed by atoms with van der Waals surface area (Å²) in [6.45, 7) is -3.27. The Hall–Kier alpha value is -2.19. The van der Waals surface area contributed by atoms with E-state index in [9.17, 15) is 14.4 Å². The number of nitrogens with zero attached hydrogens (tertiary/aromatic N) is 3. The second-order valence-electron chi connectivity index (χ2n) is 3.58. The van der Waals surface area contributed by atoms with E-state index in [1.54, 1.807) is 0 Å². The summed E-state index contributed by atoms with van der Waals surface area (Å²) in [4.78, 5) is 35.3. The molecule has 0 aliphatic heterocycles. The molecule has 0 unspecified atom stereocenters. The van der Waals surface area contributed by atoms with Gasteiger partial charge in [0.15, 0.2) is 0 Å². The summed E-state index contributed by atoms with van der Waals surface area (Å²) in [5.41, 5.74) is 0. The highest BCUT2D eigenvalue weighted by molar-refractivity contribution is 8.51. The molecule has 0 bridgehead atoms. The summed E-state index contributed by atoms with van der Waals surface area (Å²) in [7, 11) is 0. The van der Waals surface area contributed by atoms with Gasteiger partial charge in [0.2, 0.25) is 0 Å². The van der Waals surface area contributed by atoms with Crippen molar-refractivity contribution in [1.82, 2.24) is 13.0 Å². The fourth-order valence-corrected chi connectivity index (χ4v) is 5.01. The third kappa shape index (κ3) is 1.65. The molecule has 9 nitrogen and oxygen atoms in total. The minimum atomic E-state index is -3.27. The number of hydrogen-bond acceptors (Lipinski definition) is 7. The summed E-state index contributed by atoms with van der Waals surface area (Å²) >= 11 is 4.41. The number of thiol groups is 1. The molecule has 0 saturated carbocycles. The Labute approximate surface area is 115 Å². The zero-order valence-corrected chi connectivity index (χ0v) is 11.4. The van der Waals surface area contributed by atoms with Gasteiger partial charge in [0.1, 0.15) is 18.8 Å². The molecule has 0 aliphatic rings. The first-order valence-electron chi connectivity index (χ1n) is 5.18. The van der Waals surface area contributed by atoms with Crippen molar-refractivity contribution in [3.63, 3.8) is 0 Å². The van der Waals surface area contributed by atoms with E-state index in [0.717, 1.165) is 31.8 Å². The zero-order valence-electron chi connectivity index (χ0n) is 9.65. The van der Waals surface area contributed by atoms with Gasteiger partial charge in [-0.3, -0.25) is 0 Å². The van der Waals surface area contributed by atoms with Crippen molar-refractivity contribution in [2.75, 3.05) is 0 Å². The van der Waals surface area contributed by atoms with Gasteiger partial charge >= 0.3 is 24.2 Å². The Bertz CT molecular complexity index is 793. The van der Waals surface area contributed by atoms with Crippen molar-refractivity contribution in [2.24, 2.45) is 0 Å². The van der Waals surface area contributed by atoms with Crippen molar-refractivity contribution in [3.05, 3.63) is 69.0 Å². The molecule has 0 atom stereocenters. The largest absolute Gasteiger partial charge is 0.455 e. The van der Waals surface area contributed by atoms with Crippen LogP contribution in [0.25, 0.3) is 0 Å². The Morgan fingerprint density at radius 3 is 1.25 bits per heavy atom. The van der Waals surface area contributed by atoms with Crippen molar-refractivity contribution in [1.29, 1.82) is 0 Å². The van der Waals surface area contributed by atoms with Crippen LogP contribution >= 0.6 is 19.2 Å². The highest BCUT2D eigenvalue weighted by Gasteiger charge is 2.49. The predicted molar refractivity (Wildman–Crippen MR) is 71.0 cm³/mol. The molecule has 0 spiro atoms. The second kappa shape index (κ2) is 4.43. The quantitative estimate of drug-likeness (QED) is 0.557. The monoisotopic (exact) mass is 316 g/mol. The number of aromatic nitrogens is 3. The first kappa shape index (κ1) is 12.8. The molecule has 0 saturated heterocycles. The molecular weight excluding hydrogens is 309 g/mol. The smallest absolute Gasteiger partial charge is 0.414 e. The van der Waals surface area contributed by atoms with Gasteiger partial charge in [-0.05, 0) is 0 Å². The maximum Gasteiger partial charge on any atom is 0.455 e. The van der Waals surface area contributed by atoms with Crippen LogP contribution in [0, 0.1) is 0 Å². The Balaban J connectivity index is 2.41. The standard InChI is InChI=1S/C9H7N3O6PS/c13-7-10(1-4-16-7)19(20,11-2-5-17-8(11)14)12-3-6-18-9(12)15/h1-6,20H/q+1. The maximum absolute atomic E-state index is 11.8. The third-order valence-corrected chi connectivity index (χ3v) is 6.90. The van der Waals surface area contributed by atoms with Crippen molar-refractivity contribution in [3.8, 4) is 0 Å². The Morgan fingerprint density at radius 1 is 0.750 bits per heavy atom. The van der Waals surface area contributed by atoms with Gasteiger partial charge in [-0.2, -0.15) is 0 Å². The van der Waals surface area contributed by atoms with Crippen LogP contribution in [0.15, 0.2) is 65.0 Å². The van der Waals surface area contributed by atoms with E-state index in [0.29, 0.717) is 0 Å². The zero-order chi connectivity index (χ0) is 14.3. The van der Waals surface area contributed by atoms with Crippen molar-refractivity contribution < 1.29 is 13.3 Å². The lowest BCUT2D eigenvalue weighted by Crippen LogP contribution is -2.31. The molecule has 0 amide bonds. The van der Waals surface area contributed by atoms with Gasteiger partial charge in [0.05, 0.1) is 30.8 Å². The molecule has 104 valence electrons. The average Bonchev–Trinajstić information content (AvgIpc) is 3.10. The predicted octanol–water partition coefficient (Wildman–Crippen LogP) is 0.503. The molecular formula is C9H7N3O6PS+. The van der Waals surface area contributed by atoms with E-state index in [2.05, 4.69) is 25.5 Å². The topological polar surface area (TPSA) is 105 Å². The van der Waals surface area contributed by atoms with Gasteiger partial charge in [-0.25, -0.2) is 14.4 Å². The fourth-order valence-electron chi connectivity index (χ4n) is 1.69. The molecule has 0 radical (unpaired) electrons. The first-order valence-corrected chi connectivity index (χ1v) is 7.98. The van der Waals surface area contributed by atoms with Gasteiger partial charge in [-0.1, -0.05) is 13.0 Å². The molecule has 0 aliphatic carbocycles. The fraction of sp³-hybridized carbons (Fsp3) is 0. The molecule has 3 aromatic heterocycles. The van der Waals surface area contributed by atoms with Crippen LogP contribution in [-0.2, 0) is 0 Å². The molecule has 0 fully saturated rings. The van der Waals surface area contributed by atoms with E-state index in [1.165, 1.54) is 18.6 Å². The molecule has 0 aromatic carbocycles. The summed E-state index contributed by atoms with van der Waals surface area (Å²) < 4.78 is 17.2. The average molecular weight is 316 g/mol. The number of oxazole rings is 3. The SMILES string of the molecule is O=c1occn1[P+](S)(n1ccoc1=O)n1ccoc1=O. The second-order valence-corrected chi connectivity index (χ2v) is 7.55. The molecule has 3 aromatic rings. The van der Waals surface area contributed by atoms with Gasteiger partial charge in [0, 0.05) is 0 Å². The van der Waals surface area contributed by atoms with Gasteiger partial charge < -0.3 is 13.3 Å². The van der Waals surface area contributed by atoms with Gasteiger partial charge in [-0.15, -0.1) is 0 Å². The van der Waals surface area contributed by atoms with Crippen LogP contribution in [0.2, 0.25) is 0 Å². The Kier molecular flexibility index (Phi) is 2.84. The highest BCUT2D eigenvalue weighted by Crippen LogP contribution is 2.63.